The summed E-state index contributed by atoms with van der Waals surface area (Å²) in [7, 11) is 3.09. The lowest BCUT2D eigenvalue weighted by Crippen LogP contribution is -2.26. The van der Waals surface area contributed by atoms with Crippen molar-refractivity contribution in [2.45, 2.75) is 6.42 Å². The number of amides is 1. The van der Waals surface area contributed by atoms with Crippen molar-refractivity contribution >= 4 is 17.7 Å². The first-order valence-electron chi connectivity index (χ1n) is 7.20. The predicted octanol–water partition coefficient (Wildman–Crippen LogP) is 2.10. The quantitative estimate of drug-likeness (QED) is 0.791. The number of ether oxygens (including phenoxy) is 2. The van der Waals surface area contributed by atoms with Gasteiger partial charge in [0.2, 0.25) is 6.41 Å². The van der Waals surface area contributed by atoms with Crippen LogP contribution in [0.25, 0.3) is 5.57 Å². The second-order valence-electron chi connectivity index (χ2n) is 5.09. The molecule has 0 fully saturated rings. The van der Waals surface area contributed by atoms with Crippen LogP contribution in [0.15, 0.2) is 36.7 Å². The van der Waals surface area contributed by atoms with Crippen LogP contribution in [0.1, 0.15) is 11.3 Å². The fourth-order valence-corrected chi connectivity index (χ4v) is 2.60. The van der Waals surface area contributed by atoms with Crippen molar-refractivity contribution in [3.8, 4) is 11.6 Å². The standard InChI is InChI=1S/C17H17N3O3/c1-22-15-10-14-16(19-17(15)23-2)13(5-8-20(14)11-21)9-12-3-6-18-7-4-12/h3-7,10-11H,8-9H2,1-2H3. The van der Waals surface area contributed by atoms with Crippen molar-refractivity contribution in [3.63, 3.8) is 0 Å². The maximum absolute atomic E-state index is 11.3. The lowest BCUT2D eigenvalue weighted by atomic mass is 9.98. The molecule has 1 aliphatic rings. The van der Waals surface area contributed by atoms with Gasteiger partial charge in [-0.05, 0) is 29.7 Å². The summed E-state index contributed by atoms with van der Waals surface area (Å²) in [6, 6.07) is 5.72. The Labute approximate surface area is 134 Å². The Morgan fingerprint density at radius 3 is 2.70 bits per heavy atom. The van der Waals surface area contributed by atoms with Gasteiger partial charge in [-0.1, -0.05) is 6.08 Å². The summed E-state index contributed by atoms with van der Waals surface area (Å²) < 4.78 is 10.6. The maximum atomic E-state index is 11.3. The molecule has 6 nitrogen and oxygen atoms in total. The van der Waals surface area contributed by atoms with E-state index < -0.39 is 0 Å². The third-order valence-corrected chi connectivity index (χ3v) is 3.77. The molecule has 0 N–H and O–H groups in total. The number of carbonyl (C=O) groups is 1. The summed E-state index contributed by atoms with van der Waals surface area (Å²) in [5.41, 5.74) is 3.64. The summed E-state index contributed by atoms with van der Waals surface area (Å²) in [5.74, 6) is 0.905. The van der Waals surface area contributed by atoms with Crippen molar-refractivity contribution < 1.29 is 14.3 Å². The molecule has 0 spiro atoms. The van der Waals surface area contributed by atoms with Gasteiger partial charge in [0.1, 0.15) is 0 Å². The summed E-state index contributed by atoms with van der Waals surface area (Å²) in [6.45, 7) is 0.508. The minimum absolute atomic E-state index is 0.402. The fourth-order valence-electron chi connectivity index (χ4n) is 2.60. The number of hydrogen-bond donors (Lipinski definition) is 0. The van der Waals surface area contributed by atoms with E-state index in [-0.39, 0.29) is 0 Å². The van der Waals surface area contributed by atoms with Gasteiger partial charge in [0.15, 0.2) is 5.75 Å². The third kappa shape index (κ3) is 2.88. The Kier molecular flexibility index (Phi) is 4.23. The molecular weight excluding hydrogens is 294 g/mol. The normalized spacial score (nSPS) is 13.1. The van der Waals surface area contributed by atoms with Crippen LogP contribution < -0.4 is 14.4 Å². The molecule has 3 heterocycles. The van der Waals surface area contributed by atoms with Gasteiger partial charge in [-0.2, -0.15) is 0 Å². The number of fused-ring (bicyclic) bond motifs is 1. The van der Waals surface area contributed by atoms with Crippen LogP contribution in [-0.4, -0.2) is 37.1 Å². The second-order valence-corrected chi connectivity index (χ2v) is 5.09. The van der Waals surface area contributed by atoms with Gasteiger partial charge < -0.3 is 14.4 Å². The summed E-state index contributed by atoms with van der Waals surface area (Å²) >= 11 is 0. The van der Waals surface area contributed by atoms with Crippen molar-refractivity contribution in [2.24, 2.45) is 0 Å². The number of carbonyl (C=O) groups excluding carboxylic acids is 1. The highest BCUT2D eigenvalue weighted by Gasteiger charge is 2.23. The molecular formula is C17H17N3O3. The molecule has 1 aliphatic heterocycles. The highest BCUT2D eigenvalue weighted by atomic mass is 16.5. The first kappa shape index (κ1) is 15.0. The van der Waals surface area contributed by atoms with Gasteiger partial charge in [0.25, 0.3) is 5.88 Å². The van der Waals surface area contributed by atoms with Crippen molar-refractivity contribution in [3.05, 3.63) is 47.9 Å². The molecule has 2 aromatic rings. The van der Waals surface area contributed by atoms with E-state index >= 15 is 0 Å². The molecule has 1 amide bonds. The number of aromatic nitrogens is 2. The molecule has 0 aromatic carbocycles. The molecule has 0 radical (unpaired) electrons. The molecule has 2 aromatic heterocycles. The Hall–Kier alpha value is -2.89. The van der Waals surface area contributed by atoms with Crippen molar-refractivity contribution in [2.75, 3.05) is 25.7 Å². The van der Waals surface area contributed by atoms with E-state index in [2.05, 4.69) is 9.97 Å². The van der Waals surface area contributed by atoms with Gasteiger partial charge >= 0.3 is 0 Å². The van der Waals surface area contributed by atoms with Crippen LogP contribution in [0.3, 0.4) is 0 Å². The van der Waals surface area contributed by atoms with E-state index in [1.54, 1.807) is 37.6 Å². The SMILES string of the molecule is COc1cc2c(nc1OC)C(Cc1ccncc1)=CCN2C=O. The van der Waals surface area contributed by atoms with Gasteiger partial charge in [0, 0.05) is 25.0 Å². The molecule has 23 heavy (non-hydrogen) atoms. The van der Waals surface area contributed by atoms with Gasteiger partial charge in [-0.25, -0.2) is 4.98 Å². The van der Waals surface area contributed by atoms with E-state index in [4.69, 9.17) is 9.47 Å². The molecule has 0 saturated heterocycles. The third-order valence-electron chi connectivity index (χ3n) is 3.77. The fraction of sp³-hybridized carbons (Fsp3) is 0.235. The molecule has 0 unspecified atom stereocenters. The number of anilines is 1. The Morgan fingerprint density at radius 2 is 2.04 bits per heavy atom. The van der Waals surface area contributed by atoms with Crippen molar-refractivity contribution in [1.82, 2.24) is 9.97 Å². The average Bonchev–Trinajstić information content (AvgIpc) is 2.61. The van der Waals surface area contributed by atoms with Crippen LogP contribution in [-0.2, 0) is 11.2 Å². The number of methoxy groups -OCH3 is 2. The molecule has 0 aliphatic carbocycles. The number of pyridine rings is 2. The minimum atomic E-state index is 0.402. The van der Waals surface area contributed by atoms with E-state index in [0.717, 1.165) is 28.9 Å². The largest absolute Gasteiger partial charge is 0.491 e. The molecule has 0 saturated carbocycles. The van der Waals surface area contributed by atoms with Gasteiger partial charge in [0.05, 0.1) is 25.6 Å². The summed E-state index contributed by atoms with van der Waals surface area (Å²) in [4.78, 5) is 21.5. The van der Waals surface area contributed by atoms with E-state index in [1.807, 2.05) is 18.2 Å². The molecule has 0 atom stereocenters. The maximum Gasteiger partial charge on any atom is 0.257 e. The monoisotopic (exact) mass is 311 g/mol. The lowest BCUT2D eigenvalue weighted by Gasteiger charge is -2.26. The lowest BCUT2D eigenvalue weighted by molar-refractivity contribution is -0.107. The second kappa shape index (κ2) is 6.48. The van der Waals surface area contributed by atoms with E-state index in [1.165, 1.54) is 0 Å². The molecule has 118 valence electrons. The topological polar surface area (TPSA) is 64.6 Å². The molecule has 0 bridgehead atoms. The van der Waals surface area contributed by atoms with Gasteiger partial charge in [-0.3, -0.25) is 9.78 Å². The van der Waals surface area contributed by atoms with Crippen LogP contribution in [0.4, 0.5) is 5.69 Å². The van der Waals surface area contributed by atoms with Crippen molar-refractivity contribution in [1.29, 1.82) is 0 Å². The zero-order chi connectivity index (χ0) is 16.2. The van der Waals surface area contributed by atoms with Crippen LogP contribution in [0.5, 0.6) is 11.6 Å². The Morgan fingerprint density at radius 1 is 1.26 bits per heavy atom. The molecule has 3 rings (SSSR count). The zero-order valence-electron chi connectivity index (χ0n) is 13.0. The molecule has 6 heteroatoms. The van der Waals surface area contributed by atoms with Crippen LogP contribution >= 0.6 is 0 Å². The Bertz CT molecular complexity index is 744. The highest BCUT2D eigenvalue weighted by molar-refractivity contribution is 5.88. The highest BCUT2D eigenvalue weighted by Crippen LogP contribution is 2.38. The zero-order valence-corrected chi connectivity index (χ0v) is 13.0. The van der Waals surface area contributed by atoms with Gasteiger partial charge in [-0.15, -0.1) is 0 Å². The van der Waals surface area contributed by atoms with E-state index in [9.17, 15) is 4.79 Å². The number of allylic oxidation sites excluding steroid dienone is 1. The number of rotatable bonds is 5. The summed E-state index contributed by atoms with van der Waals surface area (Å²) in [6.07, 6.45) is 7.05. The first-order chi connectivity index (χ1) is 11.3. The van der Waals surface area contributed by atoms with Crippen LogP contribution in [0.2, 0.25) is 0 Å². The Balaban J connectivity index is 2.05. The minimum Gasteiger partial charge on any atom is -0.491 e. The number of nitrogens with zero attached hydrogens (tertiary/aromatic N) is 3. The number of hydrogen-bond acceptors (Lipinski definition) is 5. The average molecular weight is 311 g/mol. The first-order valence-corrected chi connectivity index (χ1v) is 7.20. The summed E-state index contributed by atoms with van der Waals surface area (Å²) in [5, 5.41) is 0. The van der Waals surface area contributed by atoms with Crippen LogP contribution in [0, 0.1) is 0 Å². The predicted molar refractivity (Wildman–Crippen MR) is 86.7 cm³/mol. The van der Waals surface area contributed by atoms with E-state index in [0.29, 0.717) is 24.6 Å². The smallest absolute Gasteiger partial charge is 0.257 e.